The lowest BCUT2D eigenvalue weighted by Crippen LogP contribution is -2.38. The summed E-state index contributed by atoms with van der Waals surface area (Å²) in [6.45, 7) is 5.62. The second kappa shape index (κ2) is 4.29. The predicted molar refractivity (Wildman–Crippen MR) is 71.5 cm³/mol. The van der Waals surface area contributed by atoms with Crippen LogP contribution in [0.2, 0.25) is 0 Å². The lowest BCUT2D eigenvalue weighted by atomic mass is 10.1. The molecule has 0 bridgehead atoms. The van der Waals surface area contributed by atoms with Crippen LogP contribution in [0.3, 0.4) is 0 Å². The molecule has 2 rings (SSSR count). The average Bonchev–Trinajstić information content (AvgIpc) is 2.29. The third-order valence-electron chi connectivity index (χ3n) is 3.15. The molecule has 0 saturated carbocycles. The van der Waals surface area contributed by atoms with Crippen LogP contribution in [0.15, 0.2) is 33.9 Å². The van der Waals surface area contributed by atoms with Crippen molar-refractivity contribution >= 4 is 0 Å². The highest BCUT2D eigenvalue weighted by atomic mass is 16.2. The van der Waals surface area contributed by atoms with Gasteiger partial charge in [-0.15, -0.1) is 0 Å². The van der Waals surface area contributed by atoms with E-state index in [0.717, 1.165) is 11.1 Å². The standard InChI is InChI=1S/C14H16N2O2/c1-9-5-6-12(10(2)7-9)16-13(17)8-11(3)15(4)14(16)18/h5-8H,1-4H3. The zero-order valence-electron chi connectivity index (χ0n) is 11.0. The highest BCUT2D eigenvalue weighted by molar-refractivity contribution is 5.42. The van der Waals surface area contributed by atoms with Gasteiger partial charge in [0.1, 0.15) is 0 Å². The molecular weight excluding hydrogens is 228 g/mol. The summed E-state index contributed by atoms with van der Waals surface area (Å²) in [6, 6.07) is 7.14. The summed E-state index contributed by atoms with van der Waals surface area (Å²) in [5.41, 5.74) is 2.72. The van der Waals surface area contributed by atoms with Gasteiger partial charge in [-0.25, -0.2) is 9.36 Å². The van der Waals surface area contributed by atoms with Gasteiger partial charge in [0.25, 0.3) is 5.56 Å². The van der Waals surface area contributed by atoms with E-state index in [1.54, 1.807) is 14.0 Å². The first kappa shape index (κ1) is 12.4. The van der Waals surface area contributed by atoms with E-state index in [-0.39, 0.29) is 11.2 Å². The van der Waals surface area contributed by atoms with E-state index in [9.17, 15) is 9.59 Å². The number of rotatable bonds is 1. The predicted octanol–water partition coefficient (Wildman–Crippen LogP) is 1.46. The molecule has 0 radical (unpaired) electrons. The molecule has 0 fully saturated rings. The first-order valence-corrected chi connectivity index (χ1v) is 5.79. The van der Waals surface area contributed by atoms with Gasteiger partial charge in [-0.3, -0.25) is 4.79 Å². The Hall–Kier alpha value is -2.10. The molecule has 4 heteroatoms. The summed E-state index contributed by atoms with van der Waals surface area (Å²) >= 11 is 0. The summed E-state index contributed by atoms with van der Waals surface area (Å²) in [4.78, 5) is 24.2. The Labute approximate surface area is 105 Å². The fraction of sp³-hybridized carbons (Fsp3) is 0.286. The minimum absolute atomic E-state index is 0.289. The van der Waals surface area contributed by atoms with E-state index < -0.39 is 0 Å². The van der Waals surface area contributed by atoms with Crippen molar-refractivity contribution in [3.63, 3.8) is 0 Å². The fourth-order valence-electron chi connectivity index (χ4n) is 2.01. The smallest absolute Gasteiger partial charge is 0.301 e. The van der Waals surface area contributed by atoms with Gasteiger partial charge in [0.2, 0.25) is 0 Å². The van der Waals surface area contributed by atoms with Crippen molar-refractivity contribution in [2.45, 2.75) is 20.8 Å². The van der Waals surface area contributed by atoms with Crippen LogP contribution in [0, 0.1) is 20.8 Å². The summed E-state index contributed by atoms with van der Waals surface area (Å²) in [5.74, 6) is 0. The van der Waals surface area contributed by atoms with Gasteiger partial charge in [0.15, 0.2) is 0 Å². The Balaban J connectivity index is 2.84. The van der Waals surface area contributed by atoms with Crippen LogP contribution in [-0.2, 0) is 7.05 Å². The molecule has 0 N–H and O–H groups in total. The highest BCUT2D eigenvalue weighted by Crippen LogP contribution is 2.12. The molecule has 0 amide bonds. The number of aromatic nitrogens is 2. The average molecular weight is 244 g/mol. The van der Waals surface area contributed by atoms with Crippen LogP contribution in [0.25, 0.3) is 5.69 Å². The zero-order chi connectivity index (χ0) is 13.4. The van der Waals surface area contributed by atoms with Gasteiger partial charge in [-0.05, 0) is 32.4 Å². The van der Waals surface area contributed by atoms with Crippen LogP contribution >= 0.6 is 0 Å². The van der Waals surface area contributed by atoms with Gasteiger partial charge in [-0.1, -0.05) is 17.7 Å². The molecule has 0 atom stereocenters. The quantitative estimate of drug-likeness (QED) is 0.762. The van der Waals surface area contributed by atoms with Crippen molar-refractivity contribution in [2.75, 3.05) is 0 Å². The van der Waals surface area contributed by atoms with Crippen LogP contribution in [0.4, 0.5) is 0 Å². The fourth-order valence-corrected chi connectivity index (χ4v) is 2.01. The third-order valence-corrected chi connectivity index (χ3v) is 3.15. The Morgan fingerprint density at radius 1 is 1.00 bits per heavy atom. The van der Waals surface area contributed by atoms with Gasteiger partial charge >= 0.3 is 5.69 Å². The molecule has 0 aliphatic heterocycles. The normalized spacial score (nSPS) is 10.7. The SMILES string of the molecule is Cc1ccc(-n2c(=O)cc(C)n(C)c2=O)c(C)c1. The first-order valence-electron chi connectivity index (χ1n) is 5.79. The molecule has 0 saturated heterocycles. The van der Waals surface area contributed by atoms with Crippen molar-refractivity contribution in [2.24, 2.45) is 7.05 Å². The monoisotopic (exact) mass is 244 g/mol. The number of nitrogens with zero attached hydrogens (tertiary/aromatic N) is 2. The molecule has 0 aliphatic rings. The number of benzene rings is 1. The Morgan fingerprint density at radius 3 is 2.28 bits per heavy atom. The van der Waals surface area contributed by atoms with Crippen molar-refractivity contribution in [1.82, 2.24) is 9.13 Å². The number of hydrogen-bond acceptors (Lipinski definition) is 2. The second-order valence-corrected chi connectivity index (χ2v) is 4.59. The van der Waals surface area contributed by atoms with E-state index in [0.29, 0.717) is 11.4 Å². The van der Waals surface area contributed by atoms with Gasteiger partial charge in [0.05, 0.1) is 5.69 Å². The molecule has 1 heterocycles. The largest absolute Gasteiger partial charge is 0.335 e. The van der Waals surface area contributed by atoms with Gasteiger partial charge in [0, 0.05) is 18.8 Å². The Bertz CT molecular complexity index is 724. The van der Waals surface area contributed by atoms with Gasteiger partial charge in [-0.2, -0.15) is 0 Å². The minimum atomic E-state index is -0.313. The summed E-state index contributed by atoms with van der Waals surface area (Å²) < 4.78 is 2.68. The molecule has 0 aliphatic carbocycles. The van der Waals surface area contributed by atoms with E-state index >= 15 is 0 Å². The number of hydrogen-bond donors (Lipinski definition) is 0. The summed E-state index contributed by atoms with van der Waals surface area (Å²) in [5, 5.41) is 0. The minimum Gasteiger partial charge on any atom is -0.301 e. The number of aryl methyl sites for hydroxylation is 3. The van der Waals surface area contributed by atoms with Crippen LogP contribution in [-0.4, -0.2) is 9.13 Å². The molecular formula is C14H16N2O2. The Kier molecular flexibility index (Phi) is 2.95. The Morgan fingerprint density at radius 2 is 1.67 bits per heavy atom. The van der Waals surface area contributed by atoms with E-state index in [1.165, 1.54) is 15.2 Å². The maximum Gasteiger partial charge on any atom is 0.335 e. The molecule has 2 aromatic rings. The molecule has 4 nitrogen and oxygen atoms in total. The lowest BCUT2D eigenvalue weighted by molar-refractivity contribution is 0.711. The molecule has 18 heavy (non-hydrogen) atoms. The third kappa shape index (κ3) is 1.90. The second-order valence-electron chi connectivity index (χ2n) is 4.59. The van der Waals surface area contributed by atoms with Crippen LogP contribution < -0.4 is 11.2 Å². The van der Waals surface area contributed by atoms with Crippen LogP contribution in [0.1, 0.15) is 16.8 Å². The first-order chi connectivity index (χ1) is 8.41. The molecule has 0 unspecified atom stereocenters. The zero-order valence-corrected chi connectivity index (χ0v) is 11.0. The van der Waals surface area contributed by atoms with Crippen molar-refractivity contribution < 1.29 is 0 Å². The maximum atomic E-state index is 12.2. The molecule has 0 spiro atoms. The molecule has 1 aromatic carbocycles. The maximum absolute atomic E-state index is 12.2. The van der Waals surface area contributed by atoms with E-state index in [1.807, 2.05) is 32.0 Å². The summed E-state index contributed by atoms with van der Waals surface area (Å²) in [7, 11) is 1.66. The van der Waals surface area contributed by atoms with E-state index in [4.69, 9.17) is 0 Å². The van der Waals surface area contributed by atoms with Gasteiger partial charge < -0.3 is 4.57 Å². The van der Waals surface area contributed by atoms with Crippen LogP contribution in [0.5, 0.6) is 0 Å². The van der Waals surface area contributed by atoms with E-state index in [2.05, 4.69) is 0 Å². The topological polar surface area (TPSA) is 44.0 Å². The lowest BCUT2D eigenvalue weighted by Gasteiger charge is -2.11. The highest BCUT2D eigenvalue weighted by Gasteiger charge is 2.10. The summed E-state index contributed by atoms with van der Waals surface area (Å²) in [6.07, 6.45) is 0. The van der Waals surface area contributed by atoms with Crippen molar-refractivity contribution in [3.05, 3.63) is 61.9 Å². The molecule has 1 aromatic heterocycles. The van der Waals surface area contributed by atoms with Crippen molar-refractivity contribution in [3.8, 4) is 5.69 Å². The molecule has 94 valence electrons. The van der Waals surface area contributed by atoms with Crippen molar-refractivity contribution in [1.29, 1.82) is 0 Å².